The molecule has 33 heavy (non-hydrogen) atoms. The number of esters is 1. The van der Waals surface area contributed by atoms with Crippen molar-refractivity contribution in [2.24, 2.45) is 0 Å². The number of aromatic nitrogens is 2. The number of benzene rings is 2. The lowest BCUT2D eigenvalue weighted by Crippen LogP contribution is -2.37. The summed E-state index contributed by atoms with van der Waals surface area (Å²) in [5.41, 5.74) is 0.214. The Labute approximate surface area is 199 Å². The zero-order valence-electron chi connectivity index (χ0n) is 17.6. The standard InChI is InChI=1S/C20H20N4O6S3/c1-29-18(26)13-31-20-23-22-19(32-20)21-17(25)12-24(33(2,27)28)15-10-6-7-11-16(15)30-14-8-4-3-5-9-14/h3-11H,12-13H2,1-2H3,(H,21,22,25). The van der Waals surface area contributed by atoms with E-state index in [0.717, 1.165) is 33.7 Å². The molecule has 0 aliphatic heterocycles. The van der Waals surface area contributed by atoms with E-state index in [-0.39, 0.29) is 22.3 Å². The molecule has 1 aromatic heterocycles. The predicted octanol–water partition coefficient (Wildman–Crippen LogP) is 3.00. The van der Waals surface area contributed by atoms with Crippen LogP contribution in [0.5, 0.6) is 11.5 Å². The molecule has 3 aromatic rings. The zero-order chi connectivity index (χ0) is 23.8. The Morgan fingerprint density at radius 2 is 1.79 bits per heavy atom. The fraction of sp³-hybridized carbons (Fsp3) is 0.200. The molecule has 0 radical (unpaired) electrons. The molecule has 1 amide bonds. The molecule has 0 atom stereocenters. The van der Waals surface area contributed by atoms with Crippen molar-refractivity contribution >= 4 is 55.8 Å². The van der Waals surface area contributed by atoms with Crippen LogP contribution in [0.15, 0.2) is 58.9 Å². The molecule has 13 heteroatoms. The zero-order valence-corrected chi connectivity index (χ0v) is 20.1. The van der Waals surface area contributed by atoms with Gasteiger partial charge in [0, 0.05) is 0 Å². The molecule has 0 aliphatic carbocycles. The number of carbonyl (C=O) groups excluding carboxylic acids is 2. The molecular weight excluding hydrogens is 488 g/mol. The van der Waals surface area contributed by atoms with Crippen molar-refractivity contribution in [1.82, 2.24) is 10.2 Å². The molecule has 0 fully saturated rings. The van der Waals surface area contributed by atoms with Gasteiger partial charge in [0.1, 0.15) is 12.3 Å². The quantitative estimate of drug-likeness (QED) is 0.250. The lowest BCUT2D eigenvalue weighted by Gasteiger charge is -2.23. The van der Waals surface area contributed by atoms with Gasteiger partial charge in [0.05, 0.1) is 24.8 Å². The Balaban J connectivity index is 1.74. The summed E-state index contributed by atoms with van der Waals surface area (Å²) in [4.78, 5) is 23.9. The van der Waals surface area contributed by atoms with E-state index in [2.05, 4.69) is 20.3 Å². The molecule has 2 aromatic carbocycles. The van der Waals surface area contributed by atoms with E-state index < -0.39 is 28.4 Å². The number of ether oxygens (including phenoxy) is 2. The third kappa shape index (κ3) is 7.17. The van der Waals surface area contributed by atoms with Crippen molar-refractivity contribution in [3.8, 4) is 11.5 Å². The summed E-state index contributed by atoms with van der Waals surface area (Å²) in [5, 5.41) is 10.4. The minimum atomic E-state index is -3.83. The summed E-state index contributed by atoms with van der Waals surface area (Å²) >= 11 is 2.17. The highest BCUT2D eigenvalue weighted by Gasteiger charge is 2.25. The van der Waals surface area contributed by atoms with Crippen molar-refractivity contribution in [1.29, 1.82) is 0 Å². The topological polar surface area (TPSA) is 128 Å². The number of hydrogen-bond acceptors (Lipinski definition) is 10. The van der Waals surface area contributed by atoms with Crippen LogP contribution in [0.25, 0.3) is 0 Å². The van der Waals surface area contributed by atoms with Gasteiger partial charge < -0.3 is 9.47 Å². The molecule has 0 bridgehead atoms. The highest BCUT2D eigenvalue weighted by molar-refractivity contribution is 8.01. The largest absolute Gasteiger partial charge is 0.468 e. The number of carbonyl (C=O) groups is 2. The number of rotatable bonds is 10. The molecule has 174 valence electrons. The fourth-order valence-corrected chi connectivity index (χ4v) is 4.99. The van der Waals surface area contributed by atoms with E-state index >= 15 is 0 Å². The molecule has 0 spiro atoms. The molecule has 1 N–H and O–H groups in total. The van der Waals surface area contributed by atoms with Crippen LogP contribution in [0.2, 0.25) is 0 Å². The molecule has 10 nitrogen and oxygen atoms in total. The summed E-state index contributed by atoms with van der Waals surface area (Å²) in [7, 11) is -2.55. The fourth-order valence-electron chi connectivity index (χ4n) is 2.53. The third-order valence-corrected chi connectivity index (χ3v) is 7.06. The molecule has 0 saturated heterocycles. The first-order valence-electron chi connectivity index (χ1n) is 9.39. The Bertz CT molecular complexity index is 1220. The minimum Gasteiger partial charge on any atom is -0.468 e. The molecule has 0 unspecified atom stereocenters. The van der Waals surface area contributed by atoms with Gasteiger partial charge in [-0.1, -0.05) is 53.4 Å². The van der Waals surface area contributed by atoms with Gasteiger partial charge in [0.2, 0.25) is 21.1 Å². The van der Waals surface area contributed by atoms with Crippen molar-refractivity contribution in [2.75, 3.05) is 35.3 Å². The average molecular weight is 509 g/mol. The van der Waals surface area contributed by atoms with Gasteiger partial charge in [0.15, 0.2) is 10.1 Å². The van der Waals surface area contributed by atoms with Gasteiger partial charge in [-0.05, 0) is 24.3 Å². The first-order chi connectivity index (χ1) is 15.8. The van der Waals surface area contributed by atoms with Crippen LogP contribution in [-0.2, 0) is 24.3 Å². The van der Waals surface area contributed by atoms with Crippen molar-refractivity contribution in [3.63, 3.8) is 0 Å². The Morgan fingerprint density at radius 1 is 1.09 bits per heavy atom. The number of methoxy groups -OCH3 is 1. The molecule has 0 saturated carbocycles. The van der Waals surface area contributed by atoms with Crippen LogP contribution in [0.1, 0.15) is 0 Å². The predicted molar refractivity (Wildman–Crippen MR) is 126 cm³/mol. The lowest BCUT2D eigenvalue weighted by molar-refractivity contribution is -0.137. The van der Waals surface area contributed by atoms with Crippen molar-refractivity contribution < 1.29 is 27.5 Å². The van der Waals surface area contributed by atoms with Crippen LogP contribution < -0.4 is 14.4 Å². The van der Waals surface area contributed by atoms with Crippen molar-refractivity contribution in [2.45, 2.75) is 4.34 Å². The number of nitrogens with zero attached hydrogens (tertiary/aromatic N) is 3. The second-order valence-electron chi connectivity index (χ2n) is 6.44. The number of para-hydroxylation sites is 3. The number of thioether (sulfide) groups is 1. The monoisotopic (exact) mass is 508 g/mol. The SMILES string of the molecule is COC(=O)CSc1nnc(NC(=O)CN(c2ccccc2Oc2ccccc2)S(C)(=O)=O)s1. The number of hydrogen-bond donors (Lipinski definition) is 1. The molecule has 3 rings (SSSR count). The van der Waals surface area contributed by atoms with Crippen LogP contribution in [0, 0.1) is 0 Å². The van der Waals surface area contributed by atoms with E-state index in [1.54, 1.807) is 48.5 Å². The number of sulfonamides is 1. The maximum atomic E-state index is 12.6. The minimum absolute atomic E-state index is 0.0547. The number of anilines is 2. The second kappa shape index (κ2) is 11.1. The van der Waals surface area contributed by atoms with E-state index in [1.807, 2.05) is 6.07 Å². The van der Waals surface area contributed by atoms with Crippen LogP contribution in [-0.4, -0.2) is 56.2 Å². The van der Waals surface area contributed by atoms with E-state index in [0.29, 0.717) is 10.1 Å². The third-order valence-electron chi connectivity index (χ3n) is 3.99. The van der Waals surface area contributed by atoms with Gasteiger partial charge in [-0.25, -0.2) is 8.42 Å². The molecular formula is C20H20N4O6S3. The van der Waals surface area contributed by atoms with Gasteiger partial charge in [0.25, 0.3) is 0 Å². The summed E-state index contributed by atoms with van der Waals surface area (Å²) in [6.07, 6.45) is 1.01. The van der Waals surface area contributed by atoms with Crippen LogP contribution in [0.3, 0.4) is 0 Å². The second-order valence-corrected chi connectivity index (χ2v) is 10.5. The number of amides is 1. The maximum Gasteiger partial charge on any atom is 0.316 e. The van der Waals surface area contributed by atoms with E-state index in [4.69, 9.17) is 4.74 Å². The summed E-state index contributed by atoms with van der Waals surface area (Å²) in [6, 6.07) is 15.4. The van der Waals surface area contributed by atoms with Gasteiger partial charge >= 0.3 is 5.97 Å². The molecule has 1 heterocycles. The van der Waals surface area contributed by atoms with E-state index in [9.17, 15) is 18.0 Å². The normalized spacial score (nSPS) is 11.0. The number of nitrogens with one attached hydrogen (secondary N) is 1. The Morgan fingerprint density at radius 3 is 2.48 bits per heavy atom. The van der Waals surface area contributed by atoms with Crippen LogP contribution >= 0.6 is 23.1 Å². The Hall–Kier alpha value is -3.16. The highest BCUT2D eigenvalue weighted by atomic mass is 32.2. The smallest absolute Gasteiger partial charge is 0.316 e. The summed E-state index contributed by atoms with van der Waals surface area (Å²) in [6.45, 7) is -0.502. The highest BCUT2D eigenvalue weighted by Crippen LogP contribution is 2.33. The average Bonchev–Trinajstić information content (AvgIpc) is 3.23. The van der Waals surface area contributed by atoms with Gasteiger partial charge in [-0.3, -0.25) is 19.2 Å². The lowest BCUT2D eigenvalue weighted by atomic mass is 10.3. The first kappa shape index (κ1) is 24.5. The van der Waals surface area contributed by atoms with Crippen LogP contribution in [0.4, 0.5) is 10.8 Å². The van der Waals surface area contributed by atoms with E-state index in [1.165, 1.54) is 7.11 Å². The van der Waals surface area contributed by atoms with Crippen molar-refractivity contribution in [3.05, 3.63) is 54.6 Å². The summed E-state index contributed by atoms with van der Waals surface area (Å²) in [5.74, 6) is -0.177. The maximum absolute atomic E-state index is 12.6. The van der Waals surface area contributed by atoms with Gasteiger partial charge in [-0.2, -0.15) is 0 Å². The van der Waals surface area contributed by atoms with Gasteiger partial charge in [-0.15, -0.1) is 10.2 Å². The molecule has 0 aliphatic rings. The summed E-state index contributed by atoms with van der Waals surface area (Å²) < 4.78 is 36.9. The Kier molecular flexibility index (Phi) is 8.25. The first-order valence-corrected chi connectivity index (χ1v) is 13.0.